The van der Waals surface area contributed by atoms with E-state index in [1.165, 1.54) is 11.3 Å². The molecule has 2 N–H and O–H groups in total. The monoisotopic (exact) mass is 258 g/mol. The molecule has 0 aliphatic rings. The smallest absolute Gasteiger partial charge is 0.122 e. The van der Waals surface area contributed by atoms with E-state index in [-0.39, 0.29) is 0 Å². The van der Waals surface area contributed by atoms with Crippen molar-refractivity contribution in [2.45, 2.75) is 19.3 Å². The Kier molecular flexibility index (Phi) is 4.63. The molecule has 0 fully saturated rings. The fraction of sp³-hybridized carbons (Fsp3) is 0.375. The number of nitrogens with zero attached hydrogens (tertiary/aromatic N) is 1. The van der Waals surface area contributed by atoms with E-state index in [0.717, 1.165) is 12.2 Å². The summed E-state index contributed by atoms with van der Waals surface area (Å²) in [7, 11) is 2.06. The maximum Gasteiger partial charge on any atom is 0.122 e. The molecule has 0 bridgehead atoms. The first kappa shape index (κ1) is 13.7. The van der Waals surface area contributed by atoms with Gasteiger partial charge < -0.3 is 15.0 Å². The second kappa shape index (κ2) is 6.43. The molecule has 2 rings (SSSR count). The topological polar surface area (TPSA) is 40.2 Å². The lowest BCUT2D eigenvalue weighted by molar-refractivity contribution is 0.294. The number of para-hydroxylation sites is 1. The summed E-state index contributed by atoms with van der Waals surface area (Å²) in [4.78, 5) is 0. The Labute approximate surface area is 115 Å². The molecule has 102 valence electrons. The van der Waals surface area contributed by atoms with Crippen LogP contribution in [0.2, 0.25) is 0 Å². The molecule has 1 aromatic heterocycles. The third kappa shape index (κ3) is 3.38. The Bertz CT molecular complexity index is 519. The van der Waals surface area contributed by atoms with E-state index in [1.807, 2.05) is 18.2 Å². The normalized spacial score (nSPS) is 12.4. The Hall–Kier alpha value is -1.74. The molecule has 0 saturated heterocycles. The highest BCUT2D eigenvalue weighted by molar-refractivity contribution is 5.31. The van der Waals surface area contributed by atoms with Gasteiger partial charge in [-0.1, -0.05) is 18.2 Å². The van der Waals surface area contributed by atoms with Crippen molar-refractivity contribution >= 4 is 0 Å². The van der Waals surface area contributed by atoms with Crippen molar-refractivity contribution in [2.24, 2.45) is 12.8 Å². The molecule has 1 aromatic carbocycles. The number of aryl methyl sites for hydroxylation is 2. The first-order valence-corrected chi connectivity index (χ1v) is 6.72. The van der Waals surface area contributed by atoms with Gasteiger partial charge in [-0.05, 0) is 37.1 Å². The van der Waals surface area contributed by atoms with E-state index in [2.05, 4.69) is 42.9 Å². The van der Waals surface area contributed by atoms with Crippen LogP contribution in [0.5, 0.6) is 5.75 Å². The van der Waals surface area contributed by atoms with Crippen molar-refractivity contribution in [3.8, 4) is 5.75 Å². The zero-order chi connectivity index (χ0) is 13.7. The first-order valence-electron chi connectivity index (χ1n) is 6.72. The van der Waals surface area contributed by atoms with E-state index in [9.17, 15) is 0 Å². The largest absolute Gasteiger partial charge is 0.493 e. The summed E-state index contributed by atoms with van der Waals surface area (Å²) in [6.07, 6.45) is 2.99. The third-order valence-corrected chi connectivity index (χ3v) is 3.50. The molecule has 0 aliphatic carbocycles. The van der Waals surface area contributed by atoms with Crippen LogP contribution < -0.4 is 10.5 Å². The van der Waals surface area contributed by atoms with Gasteiger partial charge in [-0.25, -0.2) is 0 Å². The van der Waals surface area contributed by atoms with Crippen molar-refractivity contribution in [2.75, 3.05) is 13.2 Å². The zero-order valence-corrected chi connectivity index (χ0v) is 11.7. The van der Waals surface area contributed by atoms with Gasteiger partial charge in [-0.15, -0.1) is 0 Å². The zero-order valence-electron chi connectivity index (χ0n) is 11.7. The molecule has 19 heavy (non-hydrogen) atoms. The molecule has 0 amide bonds. The number of hydrogen-bond acceptors (Lipinski definition) is 2. The molecule has 2 aromatic rings. The van der Waals surface area contributed by atoms with Gasteiger partial charge in [0.1, 0.15) is 5.75 Å². The minimum Gasteiger partial charge on any atom is -0.493 e. The molecule has 0 radical (unpaired) electrons. The molecule has 1 heterocycles. The van der Waals surface area contributed by atoms with Crippen molar-refractivity contribution in [1.82, 2.24) is 4.57 Å². The molecule has 0 spiro atoms. The van der Waals surface area contributed by atoms with Crippen molar-refractivity contribution < 1.29 is 4.74 Å². The predicted molar refractivity (Wildman–Crippen MR) is 78.5 cm³/mol. The van der Waals surface area contributed by atoms with Crippen LogP contribution in [0.4, 0.5) is 0 Å². The minimum absolute atomic E-state index is 0.351. The number of rotatable bonds is 6. The molecule has 0 saturated carbocycles. The average molecular weight is 258 g/mol. The summed E-state index contributed by atoms with van der Waals surface area (Å²) < 4.78 is 7.97. The summed E-state index contributed by atoms with van der Waals surface area (Å²) in [6.45, 7) is 3.40. The van der Waals surface area contributed by atoms with Crippen LogP contribution in [0.3, 0.4) is 0 Å². The molecular weight excluding hydrogens is 236 g/mol. The highest BCUT2D eigenvalue weighted by Crippen LogP contribution is 2.21. The molecular formula is C16H22N2O. The fourth-order valence-electron chi connectivity index (χ4n) is 2.31. The van der Waals surface area contributed by atoms with Crippen molar-refractivity contribution in [1.29, 1.82) is 0 Å². The highest BCUT2D eigenvalue weighted by Gasteiger charge is 2.12. The molecule has 3 nitrogen and oxygen atoms in total. The van der Waals surface area contributed by atoms with Gasteiger partial charge in [0, 0.05) is 31.4 Å². The average Bonchev–Trinajstić information content (AvgIpc) is 2.83. The standard InChI is InChI=1S/C16H22N2O/c1-13-6-3-4-8-16(13)19-11-9-14(12-17)15-7-5-10-18(15)2/h3-8,10,14H,9,11-12,17H2,1-2H3. The lowest BCUT2D eigenvalue weighted by atomic mass is 10.0. The quantitative estimate of drug-likeness (QED) is 0.865. The predicted octanol–water partition coefficient (Wildman–Crippen LogP) is 2.84. The number of benzene rings is 1. The van der Waals surface area contributed by atoms with Crippen LogP contribution in [0.1, 0.15) is 23.6 Å². The number of hydrogen-bond donors (Lipinski definition) is 1. The van der Waals surface area contributed by atoms with Gasteiger partial charge in [-0.2, -0.15) is 0 Å². The van der Waals surface area contributed by atoms with Crippen molar-refractivity contribution in [3.63, 3.8) is 0 Å². The van der Waals surface area contributed by atoms with Crippen LogP contribution in [0, 0.1) is 6.92 Å². The van der Waals surface area contributed by atoms with Gasteiger partial charge in [0.2, 0.25) is 0 Å². The Morgan fingerprint density at radius 3 is 2.63 bits per heavy atom. The summed E-state index contributed by atoms with van der Waals surface area (Å²) in [6, 6.07) is 12.3. The molecule has 0 aliphatic heterocycles. The van der Waals surface area contributed by atoms with Crippen LogP contribution in [0.25, 0.3) is 0 Å². The summed E-state index contributed by atoms with van der Waals surface area (Å²) in [5, 5.41) is 0. The van der Waals surface area contributed by atoms with Crippen LogP contribution in [-0.2, 0) is 7.05 Å². The number of nitrogens with two attached hydrogens (primary N) is 1. The highest BCUT2D eigenvalue weighted by atomic mass is 16.5. The van der Waals surface area contributed by atoms with Crippen molar-refractivity contribution in [3.05, 3.63) is 53.9 Å². The molecule has 1 atom stereocenters. The van der Waals surface area contributed by atoms with E-state index in [4.69, 9.17) is 10.5 Å². The van der Waals surface area contributed by atoms with Gasteiger partial charge in [0.15, 0.2) is 0 Å². The maximum atomic E-state index is 5.87. The molecule has 3 heteroatoms. The second-order valence-corrected chi connectivity index (χ2v) is 4.88. The van der Waals surface area contributed by atoms with E-state index in [0.29, 0.717) is 19.1 Å². The number of aromatic nitrogens is 1. The molecule has 1 unspecified atom stereocenters. The van der Waals surface area contributed by atoms with Gasteiger partial charge in [0.25, 0.3) is 0 Å². The Morgan fingerprint density at radius 1 is 1.21 bits per heavy atom. The van der Waals surface area contributed by atoms with E-state index < -0.39 is 0 Å². The number of ether oxygens (including phenoxy) is 1. The van der Waals surface area contributed by atoms with E-state index in [1.54, 1.807) is 0 Å². The minimum atomic E-state index is 0.351. The Morgan fingerprint density at radius 2 is 2.00 bits per heavy atom. The summed E-state index contributed by atoms with van der Waals surface area (Å²) in [5.74, 6) is 1.31. The third-order valence-electron chi connectivity index (χ3n) is 3.50. The maximum absolute atomic E-state index is 5.87. The van der Waals surface area contributed by atoms with E-state index >= 15 is 0 Å². The lowest BCUT2D eigenvalue weighted by Gasteiger charge is -2.17. The van der Waals surface area contributed by atoms with Crippen LogP contribution in [-0.4, -0.2) is 17.7 Å². The fourth-order valence-corrected chi connectivity index (χ4v) is 2.31. The van der Waals surface area contributed by atoms with Crippen LogP contribution >= 0.6 is 0 Å². The SMILES string of the molecule is Cc1ccccc1OCCC(CN)c1cccn1C. The first-order chi connectivity index (χ1) is 9.22. The second-order valence-electron chi connectivity index (χ2n) is 4.88. The Balaban J connectivity index is 1.91. The summed E-state index contributed by atoms with van der Waals surface area (Å²) in [5.41, 5.74) is 8.32. The van der Waals surface area contributed by atoms with Gasteiger partial charge in [-0.3, -0.25) is 0 Å². The van der Waals surface area contributed by atoms with Gasteiger partial charge in [0.05, 0.1) is 6.61 Å². The lowest BCUT2D eigenvalue weighted by Crippen LogP contribution is -2.18. The van der Waals surface area contributed by atoms with Crippen LogP contribution in [0.15, 0.2) is 42.6 Å². The summed E-state index contributed by atoms with van der Waals surface area (Å²) >= 11 is 0. The van der Waals surface area contributed by atoms with Gasteiger partial charge >= 0.3 is 0 Å².